The molecular formula is C21H20F2N4O3. The molecule has 2 aromatic carbocycles. The van der Waals surface area contributed by atoms with Crippen LogP contribution in [0.15, 0.2) is 47.6 Å². The highest BCUT2D eigenvalue weighted by atomic mass is 19.1. The fraction of sp³-hybridized carbons (Fsp3) is 0.286. The second kappa shape index (κ2) is 10.3. The van der Waals surface area contributed by atoms with Gasteiger partial charge in [-0.25, -0.2) is 13.6 Å². The molecule has 0 saturated carbocycles. The maximum absolute atomic E-state index is 13.3. The van der Waals surface area contributed by atoms with Gasteiger partial charge in [-0.1, -0.05) is 23.4 Å². The van der Waals surface area contributed by atoms with E-state index in [0.29, 0.717) is 31.5 Å². The van der Waals surface area contributed by atoms with Crippen LogP contribution >= 0.6 is 0 Å². The molecule has 1 aliphatic heterocycles. The second-order valence-corrected chi connectivity index (χ2v) is 6.66. The van der Waals surface area contributed by atoms with Gasteiger partial charge >= 0.3 is 6.09 Å². The van der Waals surface area contributed by atoms with Gasteiger partial charge in [0.15, 0.2) is 0 Å². The average Bonchev–Trinajstić information content (AvgIpc) is 2.76. The summed E-state index contributed by atoms with van der Waals surface area (Å²) in [5, 5.41) is 12.9. The van der Waals surface area contributed by atoms with E-state index in [4.69, 9.17) is 14.9 Å². The molecule has 2 aromatic rings. The summed E-state index contributed by atoms with van der Waals surface area (Å²) in [6, 6.07) is 11.8. The molecule has 0 bridgehead atoms. The number of likely N-dealkylation sites (tertiary alicyclic amines) is 1. The van der Waals surface area contributed by atoms with Gasteiger partial charge in [-0.05, 0) is 35.4 Å². The number of oxime groups is 1. The molecule has 3 rings (SSSR count). The molecule has 0 radical (unpaired) electrons. The lowest BCUT2D eigenvalue weighted by Gasteiger charge is -2.26. The Labute approximate surface area is 172 Å². The molecule has 1 saturated heterocycles. The van der Waals surface area contributed by atoms with Crippen molar-refractivity contribution in [3.05, 3.63) is 70.8 Å². The third-order valence-corrected chi connectivity index (χ3v) is 4.52. The van der Waals surface area contributed by atoms with Crippen LogP contribution < -0.4 is 5.48 Å². The molecule has 0 aliphatic carbocycles. The first-order valence-electron chi connectivity index (χ1n) is 9.34. The lowest BCUT2D eigenvalue weighted by atomic mass is 10.1. The van der Waals surface area contributed by atoms with E-state index in [-0.39, 0.29) is 24.5 Å². The first-order valence-corrected chi connectivity index (χ1v) is 9.34. The highest BCUT2D eigenvalue weighted by Gasteiger charge is 2.21. The van der Waals surface area contributed by atoms with E-state index in [9.17, 15) is 13.6 Å². The van der Waals surface area contributed by atoms with Crippen LogP contribution in [0.25, 0.3) is 0 Å². The van der Waals surface area contributed by atoms with Crippen molar-refractivity contribution in [1.82, 2.24) is 10.4 Å². The van der Waals surface area contributed by atoms with Crippen LogP contribution in [-0.4, -0.2) is 29.8 Å². The number of benzene rings is 2. The Morgan fingerprint density at radius 2 is 1.83 bits per heavy atom. The number of nitrogens with zero attached hydrogens (tertiary/aromatic N) is 3. The minimum atomic E-state index is -0.570. The van der Waals surface area contributed by atoms with Crippen LogP contribution in [-0.2, 0) is 22.8 Å². The van der Waals surface area contributed by atoms with E-state index < -0.39 is 11.9 Å². The van der Waals surface area contributed by atoms with Crippen molar-refractivity contribution >= 4 is 11.8 Å². The third-order valence-electron chi connectivity index (χ3n) is 4.52. The van der Waals surface area contributed by atoms with Crippen molar-refractivity contribution in [1.29, 1.82) is 5.26 Å². The number of hydrogen-bond acceptors (Lipinski definition) is 6. The molecule has 1 amide bonds. The first-order chi connectivity index (χ1) is 14.5. The van der Waals surface area contributed by atoms with Crippen molar-refractivity contribution in [2.75, 3.05) is 13.1 Å². The normalized spacial score (nSPS) is 13.5. The zero-order valence-corrected chi connectivity index (χ0v) is 16.1. The lowest BCUT2D eigenvalue weighted by molar-refractivity contribution is 0.0516. The fourth-order valence-electron chi connectivity index (χ4n) is 2.83. The van der Waals surface area contributed by atoms with Gasteiger partial charge in [0.2, 0.25) is 0 Å². The number of amides is 1. The highest BCUT2D eigenvalue weighted by Crippen LogP contribution is 2.13. The highest BCUT2D eigenvalue weighted by molar-refractivity contribution is 5.86. The van der Waals surface area contributed by atoms with Crippen LogP contribution in [0.2, 0.25) is 0 Å². The number of nitriles is 1. The molecule has 9 heteroatoms. The quantitative estimate of drug-likeness (QED) is 0.730. The van der Waals surface area contributed by atoms with Crippen molar-refractivity contribution in [3.63, 3.8) is 0 Å². The van der Waals surface area contributed by atoms with Gasteiger partial charge in [-0.2, -0.15) is 5.26 Å². The lowest BCUT2D eigenvalue weighted by Crippen LogP contribution is -2.41. The van der Waals surface area contributed by atoms with Gasteiger partial charge in [0.05, 0.1) is 17.8 Å². The molecular weight excluding hydrogens is 394 g/mol. The molecule has 1 heterocycles. The zero-order valence-electron chi connectivity index (χ0n) is 16.1. The van der Waals surface area contributed by atoms with E-state index in [0.717, 1.165) is 11.3 Å². The van der Waals surface area contributed by atoms with Gasteiger partial charge < -0.3 is 14.6 Å². The number of carbonyl (C=O) groups excluding carboxylic acids is 1. The standard InChI is InChI=1S/C21H20F2N4O3/c22-18-4-1-15(2-5-18)13-25-30-21(28)27-9-7-19(8-10-27)26-29-14-16-3-6-20(23)17(11-16)12-24/h1-6,11,25H,7-10,13-14H2. The maximum atomic E-state index is 13.3. The maximum Gasteiger partial charge on any atom is 0.428 e. The summed E-state index contributed by atoms with van der Waals surface area (Å²) in [5.74, 6) is -0.894. The van der Waals surface area contributed by atoms with Crippen LogP contribution in [0.4, 0.5) is 13.6 Å². The Hall–Kier alpha value is -3.51. The SMILES string of the molecule is N#Cc1cc(CON=C2CCN(C(=O)ONCc3ccc(F)cc3)CC2)ccc1F. The second-order valence-electron chi connectivity index (χ2n) is 6.66. The Balaban J connectivity index is 1.38. The van der Waals surface area contributed by atoms with E-state index in [1.165, 1.54) is 30.3 Å². The van der Waals surface area contributed by atoms with Gasteiger partial charge in [0, 0.05) is 25.9 Å². The Morgan fingerprint density at radius 3 is 2.53 bits per heavy atom. The van der Waals surface area contributed by atoms with E-state index in [1.54, 1.807) is 23.1 Å². The van der Waals surface area contributed by atoms with Gasteiger partial charge in [-0.15, -0.1) is 5.48 Å². The van der Waals surface area contributed by atoms with Gasteiger partial charge in [0.25, 0.3) is 0 Å². The molecule has 0 spiro atoms. The predicted octanol–water partition coefficient (Wildman–Crippen LogP) is 3.65. The van der Waals surface area contributed by atoms with Crippen LogP contribution in [0.3, 0.4) is 0 Å². The minimum Gasteiger partial charge on any atom is -0.391 e. The summed E-state index contributed by atoms with van der Waals surface area (Å²) in [7, 11) is 0. The van der Waals surface area contributed by atoms with Crippen LogP contribution in [0.5, 0.6) is 0 Å². The Morgan fingerprint density at radius 1 is 1.13 bits per heavy atom. The molecule has 0 unspecified atom stereocenters. The smallest absolute Gasteiger partial charge is 0.391 e. The van der Waals surface area contributed by atoms with Crippen LogP contribution in [0, 0.1) is 23.0 Å². The Kier molecular flexibility index (Phi) is 7.29. The molecule has 1 fully saturated rings. The third kappa shape index (κ3) is 5.99. The summed E-state index contributed by atoms with van der Waals surface area (Å²) in [4.78, 5) is 24.0. The van der Waals surface area contributed by atoms with Crippen molar-refractivity contribution in [2.24, 2.45) is 5.16 Å². The van der Waals surface area contributed by atoms with Gasteiger partial charge in [0.1, 0.15) is 24.3 Å². The fourth-order valence-corrected chi connectivity index (χ4v) is 2.83. The molecule has 0 aromatic heterocycles. The summed E-state index contributed by atoms with van der Waals surface area (Å²) < 4.78 is 26.2. The predicted molar refractivity (Wildman–Crippen MR) is 104 cm³/mol. The van der Waals surface area contributed by atoms with E-state index >= 15 is 0 Å². The number of piperidine rings is 1. The monoisotopic (exact) mass is 414 g/mol. The molecule has 156 valence electrons. The summed E-state index contributed by atoms with van der Waals surface area (Å²) in [5.41, 5.74) is 4.78. The Bertz CT molecular complexity index is 948. The molecule has 1 aliphatic rings. The summed E-state index contributed by atoms with van der Waals surface area (Å²) in [6.07, 6.45) is 0.590. The number of rotatable bonds is 6. The summed E-state index contributed by atoms with van der Waals surface area (Å²) >= 11 is 0. The molecule has 1 N–H and O–H groups in total. The van der Waals surface area contributed by atoms with Crippen molar-refractivity contribution in [2.45, 2.75) is 26.0 Å². The van der Waals surface area contributed by atoms with E-state index in [1.807, 2.05) is 0 Å². The number of hydroxylamine groups is 1. The van der Waals surface area contributed by atoms with Crippen LogP contribution in [0.1, 0.15) is 29.5 Å². The first kappa shape index (κ1) is 21.2. The van der Waals surface area contributed by atoms with Crippen molar-refractivity contribution in [3.8, 4) is 6.07 Å². The topological polar surface area (TPSA) is 87.0 Å². The number of carbonyl (C=O) groups is 1. The average molecular weight is 414 g/mol. The van der Waals surface area contributed by atoms with E-state index in [2.05, 4.69) is 10.6 Å². The number of halogens is 2. The number of hydrogen-bond donors (Lipinski definition) is 1. The summed E-state index contributed by atoms with van der Waals surface area (Å²) in [6.45, 7) is 1.28. The van der Waals surface area contributed by atoms with Gasteiger partial charge in [-0.3, -0.25) is 0 Å². The number of nitrogens with one attached hydrogen (secondary N) is 1. The van der Waals surface area contributed by atoms with Crippen molar-refractivity contribution < 1.29 is 23.3 Å². The molecule has 0 atom stereocenters. The molecule has 7 nitrogen and oxygen atoms in total. The zero-order chi connectivity index (χ0) is 21.3. The molecule has 30 heavy (non-hydrogen) atoms. The minimum absolute atomic E-state index is 0.0383. The largest absolute Gasteiger partial charge is 0.428 e.